The zero-order valence-electron chi connectivity index (χ0n) is 23.2. The van der Waals surface area contributed by atoms with Crippen LogP contribution in [-0.2, 0) is 19.7 Å². The molecule has 206 valence electrons. The van der Waals surface area contributed by atoms with E-state index in [1.54, 1.807) is 39.6 Å². The van der Waals surface area contributed by atoms with Crippen molar-refractivity contribution in [3.8, 4) is 11.3 Å². The van der Waals surface area contributed by atoms with Gasteiger partial charge in [-0.25, -0.2) is 18.7 Å². The SMILES string of the molecule is CCOC(=O)/C=C/C(=O)N1CCN(C(=O)c2cn3nc(-c4ccc(F)cc4)cc(C(C)(C)C)c3n2)C(C)(C)C1. The minimum Gasteiger partial charge on any atom is -0.463 e. The van der Waals surface area contributed by atoms with Crippen LogP contribution < -0.4 is 0 Å². The summed E-state index contributed by atoms with van der Waals surface area (Å²) in [6, 6.07) is 8.05. The predicted molar refractivity (Wildman–Crippen MR) is 145 cm³/mol. The number of halogens is 1. The number of carbonyl (C=O) groups is 3. The molecule has 0 saturated carbocycles. The third-order valence-corrected chi connectivity index (χ3v) is 6.70. The summed E-state index contributed by atoms with van der Waals surface area (Å²) in [5, 5.41) is 4.68. The van der Waals surface area contributed by atoms with Gasteiger partial charge in [-0.2, -0.15) is 5.10 Å². The maximum absolute atomic E-state index is 13.7. The maximum Gasteiger partial charge on any atom is 0.330 e. The Balaban J connectivity index is 1.61. The van der Waals surface area contributed by atoms with E-state index in [1.165, 1.54) is 18.2 Å². The fraction of sp³-hybridized carbons (Fsp3) is 0.414. The predicted octanol–water partition coefficient (Wildman–Crippen LogP) is 4.02. The standard InChI is InChI=1S/C29H34FN5O4/c1-7-39-25(37)13-12-24(36)33-14-15-34(29(5,6)18-33)27(38)23-17-35-26(31-23)21(28(2,3)4)16-22(32-35)19-8-10-20(30)11-9-19/h8-13,16-17H,7,14-15,18H2,1-6H3/b13-12+. The van der Waals surface area contributed by atoms with Gasteiger partial charge in [0, 0.05) is 42.9 Å². The number of piperazine rings is 1. The Morgan fingerprint density at radius 3 is 2.41 bits per heavy atom. The van der Waals surface area contributed by atoms with Crippen LogP contribution in [0.5, 0.6) is 0 Å². The summed E-state index contributed by atoms with van der Waals surface area (Å²) in [5.41, 5.74) is 2.15. The molecule has 0 N–H and O–H groups in total. The quantitative estimate of drug-likeness (QED) is 0.362. The first kappa shape index (κ1) is 27.9. The Labute approximate surface area is 227 Å². The summed E-state index contributed by atoms with van der Waals surface area (Å²) in [5.74, 6) is -1.48. The zero-order chi connectivity index (χ0) is 28.5. The van der Waals surface area contributed by atoms with Crippen molar-refractivity contribution in [2.24, 2.45) is 0 Å². The molecule has 4 rings (SSSR count). The van der Waals surface area contributed by atoms with Gasteiger partial charge in [-0.3, -0.25) is 9.59 Å². The molecule has 3 aromatic rings. The number of ether oxygens (including phenoxy) is 1. The second-order valence-electron chi connectivity index (χ2n) is 11.2. The van der Waals surface area contributed by atoms with Crippen LogP contribution in [0.15, 0.2) is 48.7 Å². The number of esters is 1. The van der Waals surface area contributed by atoms with Crippen molar-refractivity contribution in [2.45, 2.75) is 52.5 Å². The number of benzene rings is 1. The van der Waals surface area contributed by atoms with Crippen LogP contribution >= 0.6 is 0 Å². The summed E-state index contributed by atoms with van der Waals surface area (Å²) in [6.07, 6.45) is 3.94. The number of amides is 2. The van der Waals surface area contributed by atoms with E-state index in [4.69, 9.17) is 9.72 Å². The highest BCUT2D eigenvalue weighted by Crippen LogP contribution is 2.31. The molecule has 2 aromatic heterocycles. The highest BCUT2D eigenvalue weighted by atomic mass is 19.1. The minimum atomic E-state index is -0.682. The minimum absolute atomic E-state index is 0.231. The highest BCUT2D eigenvalue weighted by Gasteiger charge is 2.39. The van der Waals surface area contributed by atoms with Crippen LogP contribution in [0.3, 0.4) is 0 Å². The lowest BCUT2D eigenvalue weighted by Gasteiger charge is -2.46. The van der Waals surface area contributed by atoms with Crippen molar-refractivity contribution in [3.05, 3.63) is 65.8 Å². The molecule has 3 heterocycles. The Hall–Kier alpha value is -4.08. The van der Waals surface area contributed by atoms with E-state index < -0.39 is 11.5 Å². The van der Waals surface area contributed by atoms with E-state index in [-0.39, 0.29) is 41.9 Å². The molecule has 10 heteroatoms. The third kappa shape index (κ3) is 6.00. The van der Waals surface area contributed by atoms with Crippen molar-refractivity contribution < 1.29 is 23.5 Å². The average Bonchev–Trinajstić information content (AvgIpc) is 3.30. The zero-order valence-corrected chi connectivity index (χ0v) is 23.2. The Kier molecular flexibility index (Phi) is 7.59. The van der Waals surface area contributed by atoms with Gasteiger partial charge in [0.15, 0.2) is 5.65 Å². The second kappa shape index (κ2) is 10.6. The van der Waals surface area contributed by atoms with Gasteiger partial charge in [-0.05, 0) is 56.5 Å². The molecule has 0 bridgehead atoms. The molecular formula is C29H34FN5O4. The van der Waals surface area contributed by atoms with Crippen LogP contribution in [0.4, 0.5) is 4.39 Å². The first-order chi connectivity index (χ1) is 18.3. The van der Waals surface area contributed by atoms with Crippen molar-refractivity contribution in [1.29, 1.82) is 0 Å². The van der Waals surface area contributed by atoms with E-state index in [2.05, 4.69) is 25.9 Å². The summed E-state index contributed by atoms with van der Waals surface area (Å²) in [6.45, 7) is 12.8. The molecule has 0 aliphatic carbocycles. The number of hydrogen-bond acceptors (Lipinski definition) is 6. The van der Waals surface area contributed by atoms with Gasteiger partial charge < -0.3 is 14.5 Å². The van der Waals surface area contributed by atoms with Crippen molar-refractivity contribution in [1.82, 2.24) is 24.4 Å². The molecule has 1 fully saturated rings. The number of fused-ring (bicyclic) bond motifs is 1. The van der Waals surface area contributed by atoms with Gasteiger partial charge in [-0.15, -0.1) is 0 Å². The number of rotatable bonds is 5. The number of aromatic nitrogens is 3. The Bertz CT molecular complexity index is 1440. The average molecular weight is 536 g/mol. The van der Waals surface area contributed by atoms with E-state index in [9.17, 15) is 18.8 Å². The fourth-order valence-corrected chi connectivity index (χ4v) is 4.69. The van der Waals surface area contributed by atoms with E-state index in [0.717, 1.165) is 17.2 Å². The lowest BCUT2D eigenvalue weighted by molar-refractivity contribution is -0.138. The third-order valence-electron chi connectivity index (χ3n) is 6.70. The van der Waals surface area contributed by atoms with E-state index in [0.29, 0.717) is 24.4 Å². The number of imidazole rings is 1. The van der Waals surface area contributed by atoms with Crippen molar-refractivity contribution in [2.75, 3.05) is 26.2 Å². The molecule has 0 atom stereocenters. The first-order valence-electron chi connectivity index (χ1n) is 12.9. The van der Waals surface area contributed by atoms with Crippen molar-refractivity contribution >= 4 is 23.4 Å². The van der Waals surface area contributed by atoms with Gasteiger partial charge >= 0.3 is 5.97 Å². The lowest BCUT2D eigenvalue weighted by atomic mass is 9.87. The molecule has 0 radical (unpaired) electrons. The van der Waals surface area contributed by atoms with E-state index in [1.807, 2.05) is 19.9 Å². The van der Waals surface area contributed by atoms with Crippen LogP contribution in [0.1, 0.15) is 57.6 Å². The molecule has 9 nitrogen and oxygen atoms in total. The van der Waals surface area contributed by atoms with Crippen LogP contribution in [0.25, 0.3) is 16.9 Å². The van der Waals surface area contributed by atoms with Gasteiger partial charge in [0.25, 0.3) is 5.91 Å². The summed E-state index contributed by atoms with van der Waals surface area (Å²) < 4.78 is 19.9. The van der Waals surface area contributed by atoms with Crippen molar-refractivity contribution in [3.63, 3.8) is 0 Å². The molecule has 1 aliphatic heterocycles. The van der Waals surface area contributed by atoms with Crippen LogP contribution in [0.2, 0.25) is 0 Å². The number of hydrogen-bond donors (Lipinski definition) is 0. The maximum atomic E-state index is 13.7. The molecule has 0 unspecified atom stereocenters. The van der Waals surface area contributed by atoms with Gasteiger partial charge in [-0.1, -0.05) is 20.8 Å². The Morgan fingerprint density at radius 2 is 1.79 bits per heavy atom. The molecule has 1 aromatic carbocycles. The molecule has 2 amide bonds. The molecule has 1 saturated heterocycles. The molecule has 39 heavy (non-hydrogen) atoms. The summed E-state index contributed by atoms with van der Waals surface area (Å²) >= 11 is 0. The number of nitrogens with zero attached hydrogens (tertiary/aromatic N) is 5. The highest BCUT2D eigenvalue weighted by molar-refractivity contribution is 5.96. The molecular weight excluding hydrogens is 501 g/mol. The lowest BCUT2D eigenvalue weighted by Crippen LogP contribution is -2.62. The smallest absolute Gasteiger partial charge is 0.330 e. The Morgan fingerprint density at radius 1 is 1.10 bits per heavy atom. The monoisotopic (exact) mass is 535 g/mol. The summed E-state index contributed by atoms with van der Waals surface area (Å²) in [4.78, 5) is 45.9. The number of carbonyl (C=O) groups excluding carboxylic acids is 3. The second-order valence-corrected chi connectivity index (χ2v) is 11.2. The first-order valence-corrected chi connectivity index (χ1v) is 12.9. The molecule has 0 spiro atoms. The normalized spacial score (nSPS) is 15.7. The van der Waals surface area contributed by atoms with Crippen LogP contribution in [-0.4, -0.2) is 74.0 Å². The van der Waals surface area contributed by atoms with E-state index >= 15 is 0 Å². The topological polar surface area (TPSA) is 97.1 Å². The summed E-state index contributed by atoms with van der Waals surface area (Å²) in [7, 11) is 0. The van der Waals surface area contributed by atoms with Crippen LogP contribution in [0, 0.1) is 5.82 Å². The van der Waals surface area contributed by atoms with Gasteiger partial charge in [0.1, 0.15) is 11.5 Å². The molecule has 1 aliphatic rings. The van der Waals surface area contributed by atoms with Gasteiger partial charge in [0.05, 0.1) is 24.0 Å². The van der Waals surface area contributed by atoms with Gasteiger partial charge in [0.2, 0.25) is 5.91 Å². The largest absolute Gasteiger partial charge is 0.463 e. The fourth-order valence-electron chi connectivity index (χ4n) is 4.69.